The fourth-order valence-corrected chi connectivity index (χ4v) is 7.55. The van der Waals surface area contributed by atoms with Crippen LogP contribution >= 0.6 is 0 Å². The lowest BCUT2D eigenvalue weighted by Crippen LogP contribution is -2.37. The van der Waals surface area contributed by atoms with Gasteiger partial charge in [0.05, 0.1) is 5.56 Å². The van der Waals surface area contributed by atoms with Crippen LogP contribution in [0.5, 0.6) is 11.5 Å². The van der Waals surface area contributed by atoms with Crippen LogP contribution in [-0.2, 0) is 10.3 Å². The summed E-state index contributed by atoms with van der Waals surface area (Å²) in [6, 6.07) is 28.8. The normalized spacial score (nSPS) is 25.5. The second-order valence-corrected chi connectivity index (χ2v) is 12.5. The minimum absolute atomic E-state index is 0.249. The van der Waals surface area contributed by atoms with Crippen molar-refractivity contribution in [3.63, 3.8) is 0 Å². The van der Waals surface area contributed by atoms with Crippen molar-refractivity contribution < 1.29 is 14.3 Å². The molecule has 1 saturated heterocycles. The fourth-order valence-electron chi connectivity index (χ4n) is 7.55. The van der Waals surface area contributed by atoms with E-state index in [1.807, 2.05) is 54.6 Å². The highest BCUT2D eigenvalue weighted by atomic mass is 16.6. The van der Waals surface area contributed by atoms with Gasteiger partial charge in [-0.1, -0.05) is 63.6 Å². The molecule has 4 aromatic carbocycles. The Morgan fingerprint density at radius 2 is 1.64 bits per heavy atom. The van der Waals surface area contributed by atoms with Gasteiger partial charge in [-0.15, -0.1) is 0 Å². The molecule has 0 aliphatic carbocycles. The minimum Gasteiger partial charge on any atom is -0.456 e. The van der Waals surface area contributed by atoms with Gasteiger partial charge in [0.1, 0.15) is 11.5 Å². The highest BCUT2D eigenvalue weighted by molar-refractivity contribution is 5.97. The number of nitrogens with one attached hydrogen (secondary N) is 1. The number of esters is 1. The fraction of sp³-hybridized carbons (Fsp3) is 0.324. The molecule has 1 N–H and O–H groups in total. The molecule has 4 aromatic rings. The van der Waals surface area contributed by atoms with E-state index in [9.17, 15) is 4.79 Å². The van der Waals surface area contributed by atoms with Gasteiger partial charge in [-0.25, -0.2) is 4.79 Å². The Balaban J connectivity index is 1.38. The van der Waals surface area contributed by atoms with E-state index < -0.39 is 5.60 Å². The largest absolute Gasteiger partial charge is 0.456 e. The summed E-state index contributed by atoms with van der Waals surface area (Å²) in [6.45, 7) is 12.5. The molecular formula is C37H38N2O3. The summed E-state index contributed by atoms with van der Waals surface area (Å²) >= 11 is 0. The zero-order valence-corrected chi connectivity index (χ0v) is 25.0. The summed E-state index contributed by atoms with van der Waals surface area (Å²) in [5, 5.41) is 3.56. The Bertz CT molecular complexity index is 1700. The lowest BCUT2D eigenvalue weighted by molar-refractivity contribution is 0.0224. The summed E-state index contributed by atoms with van der Waals surface area (Å²) < 4.78 is 13.2. The molecule has 0 amide bonds. The molecule has 7 rings (SSSR count). The maximum Gasteiger partial charge on any atom is 0.340 e. The average Bonchev–Trinajstić information content (AvgIpc) is 3.40. The maximum absolute atomic E-state index is 13.4. The molecule has 3 heterocycles. The smallest absolute Gasteiger partial charge is 0.340 e. The number of carbonyl (C=O) groups excluding carboxylic acids is 1. The standard InChI is InChI=1S/C37H38N2O3/c1-6-18-36(5)24(3)22-39(25(36)4)27-16-17-30-34(20-27)41-33-19-23(2)32(38-26-12-8-7-9-13-26)21-31(33)37(30)29-15-11-10-14-28(29)35(40)42-37/h7-17,19-21,24-25,38H,6,18,22H2,1-5H3. The maximum atomic E-state index is 13.4. The summed E-state index contributed by atoms with van der Waals surface area (Å²) in [5.74, 6) is 1.71. The molecule has 0 bridgehead atoms. The molecule has 0 radical (unpaired) electrons. The molecule has 4 unspecified atom stereocenters. The lowest BCUT2D eigenvalue weighted by atomic mass is 9.73. The highest BCUT2D eigenvalue weighted by Gasteiger charge is 2.54. The quantitative estimate of drug-likeness (QED) is 0.248. The third-order valence-electron chi connectivity index (χ3n) is 10.2. The van der Waals surface area contributed by atoms with Crippen molar-refractivity contribution in [2.24, 2.45) is 11.3 Å². The summed E-state index contributed by atoms with van der Waals surface area (Å²) in [6.07, 6.45) is 2.38. The SMILES string of the molecule is CCCC1(C)C(C)CN(c2ccc3c(c2)Oc2cc(C)c(Nc4ccccc4)cc2C32OC(=O)c3ccccc32)C1C. The van der Waals surface area contributed by atoms with Crippen LogP contribution in [0.4, 0.5) is 17.1 Å². The summed E-state index contributed by atoms with van der Waals surface area (Å²) in [4.78, 5) is 15.9. The van der Waals surface area contributed by atoms with Crippen LogP contribution in [0.3, 0.4) is 0 Å². The van der Waals surface area contributed by atoms with E-state index in [2.05, 4.69) is 75.2 Å². The van der Waals surface area contributed by atoms with Gasteiger partial charge in [-0.05, 0) is 79.6 Å². The van der Waals surface area contributed by atoms with Crippen molar-refractivity contribution in [1.82, 2.24) is 0 Å². The number of hydrogen-bond acceptors (Lipinski definition) is 5. The number of rotatable bonds is 5. The molecule has 0 saturated carbocycles. The number of nitrogens with zero attached hydrogens (tertiary/aromatic N) is 1. The first-order valence-electron chi connectivity index (χ1n) is 15.2. The van der Waals surface area contributed by atoms with Crippen LogP contribution in [0, 0.1) is 18.3 Å². The van der Waals surface area contributed by atoms with Gasteiger partial charge in [-0.3, -0.25) is 0 Å². The van der Waals surface area contributed by atoms with Gasteiger partial charge < -0.3 is 19.7 Å². The molecule has 214 valence electrons. The van der Waals surface area contributed by atoms with E-state index in [0.717, 1.165) is 51.6 Å². The highest BCUT2D eigenvalue weighted by Crippen LogP contribution is 2.58. The van der Waals surface area contributed by atoms with Crippen LogP contribution in [0.25, 0.3) is 0 Å². The van der Waals surface area contributed by atoms with E-state index >= 15 is 0 Å². The zero-order valence-electron chi connectivity index (χ0n) is 25.0. The van der Waals surface area contributed by atoms with Crippen LogP contribution in [0.2, 0.25) is 0 Å². The van der Waals surface area contributed by atoms with Gasteiger partial charge in [0.2, 0.25) is 0 Å². The van der Waals surface area contributed by atoms with Crippen molar-refractivity contribution in [2.75, 3.05) is 16.8 Å². The Morgan fingerprint density at radius 1 is 0.905 bits per heavy atom. The van der Waals surface area contributed by atoms with Crippen LogP contribution in [0.15, 0.2) is 84.9 Å². The molecule has 4 atom stereocenters. The Morgan fingerprint density at radius 3 is 2.43 bits per heavy atom. The Hall–Kier alpha value is -4.25. The van der Waals surface area contributed by atoms with Gasteiger partial charge in [0, 0.05) is 52.4 Å². The molecule has 3 aliphatic rings. The minimum atomic E-state index is -1.10. The van der Waals surface area contributed by atoms with Crippen LogP contribution < -0.4 is 15.0 Å². The molecule has 3 aliphatic heterocycles. The monoisotopic (exact) mass is 558 g/mol. The number of ether oxygens (including phenoxy) is 2. The van der Waals surface area contributed by atoms with Crippen molar-refractivity contribution >= 4 is 23.0 Å². The van der Waals surface area contributed by atoms with E-state index in [-0.39, 0.29) is 11.4 Å². The summed E-state index contributed by atoms with van der Waals surface area (Å²) in [7, 11) is 0. The number of hydrogen-bond donors (Lipinski definition) is 1. The molecule has 0 aromatic heterocycles. The van der Waals surface area contributed by atoms with Gasteiger partial charge in [0.25, 0.3) is 0 Å². The number of carbonyl (C=O) groups is 1. The third-order valence-corrected chi connectivity index (χ3v) is 10.2. The number of aryl methyl sites for hydroxylation is 1. The van der Waals surface area contributed by atoms with Gasteiger partial charge in [0.15, 0.2) is 5.60 Å². The van der Waals surface area contributed by atoms with E-state index in [1.165, 1.54) is 12.8 Å². The lowest BCUT2D eigenvalue weighted by Gasteiger charge is -2.38. The molecule has 1 spiro atoms. The Labute approximate surface area is 248 Å². The van der Waals surface area contributed by atoms with Gasteiger partial charge in [-0.2, -0.15) is 0 Å². The van der Waals surface area contributed by atoms with Crippen LogP contribution in [-0.4, -0.2) is 18.6 Å². The first-order chi connectivity index (χ1) is 20.3. The van der Waals surface area contributed by atoms with Gasteiger partial charge >= 0.3 is 5.97 Å². The first-order valence-corrected chi connectivity index (χ1v) is 15.2. The van der Waals surface area contributed by atoms with Crippen molar-refractivity contribution in [1.29, 1.82) is 0 Å². The second-order valence-electron chi connectivity index (χ2n) is 12.5. The van der Waals surface area contributed by atoms with Crippen molar-refractivity contribution in [3.8, 4) is 11.5 Å². The molecule has 1 fully saturated rings. The number of benzene rings is 4. The number of para-hydroxylation sites is 1. The number of anilines is 3. The summed E-state index contributed by atoms with van der Waals surface area (Å²) in [5.41, 5.74) is 6.38. The van der Waals surface area contributed by atoms with Crippen molar-refractivity contribution in [3.05, 3.63) is 113 Å². The predicted octanol–water partition coefficient (Wildman–Crippen LogP) is 8.96. The van der Waals surface area contributed by atoms with E-state index in [4.69, 9.17) is 9.47 Å². The predicted molar refractivity (Wildman–Crippen MR) is 168 cm³/mol. The molecule has 5 nitrogen and oxygen atoms in total. The van der Waals surface area contributed by atoms with E-state index in [0.29, 0.717) is 23.3 Å². The third kappa shape index (κ3) is 3.79. The second kappa shape index (κ2) is 9.65. The topological polar surface area (TPSA) is 50.8 Å². The average molecular weight is 559 g/mol. The van der Waals surface area contributed by atoms with Crippen LogP contribution in [0.1, 0.15) is 73.1 Å². The molecule has 42 heavy (non-hydrogen) atoms. The van der Waals surface area contributed by atoms with Crippen molar-refractivity contribution in [2.45, 2.75) is 59.1 Å². The Kier molecular flexibility index (Phi) is 6.12. The molecular weight excluding hydrogens is 520 g/mol. The molecule has 5 heteroatoms. The van der Waals surface area contributed by atoms with E-state index in [1.54, 1.807) is 0 Å². The number of fused-ring (bicyclic) bond motifs is 6. The first kappa shape index (κ1) is 26.6. The zero-order chi connectivity index (χ0) is 29.2.